The Balaban J connectivity index is 1.60. The van der Waals surface area contributed by atoms with Crippen LogP contribution in [0, 0.1) is 18.8 Å². The molecule has 2 aromatic rings. The highest BCUT2D eigenvalue weighted by Crippen LogP contribution is 2.21. The van der Waals surface area contributed by atoms with Crippen LogP contribution in [0.5, 0.6) is 0 Å². The van der Waals surface area contributed by atoms with Crippen molar-refractivity contribution in [2.24, 2.45) is 18.9 Å². The molecule has 0 aromatic carbocycles. The molecule has 3 rings (SSSR count). The van der Waals surface area contributed by atoms with Gasteiger partial charge in [0.15, 0.2) is 0 Å². The maximum Gasteiger partial charge on any atom is 0.228 e. The van der Waals surface area contributed by atoms with E-state index in [1.54, 1.807) is 17.1 Å². The molecule has 0 radical (unpaired) electrons. The number of aryl methyl sites for hydroxylation is 2. The van der Waals surface area contributed by atoms with Crippen molar-refractivity contribution in [3.63, 3.8) is 0 Å². The number of nitrogens with zero attached hydrogens (tertiary/aromatic N) is 4. The Bertz CT molecular complexity index is 816. The fourth-order valence-corrected chi connectivity index (χ4v) is 3.49. The molecule has 2 amide bonds. The number of pyridine rings is 1. The Hall–Kier alpha value is -2.74. The minimum atomic E-state index is -0.249. The molecule has 2 atom stereocenters. The summed E-state index contributed by atoms with van der Waals surface area (Å²) in [5.41, 5.74) is 2.58. The molecule has 1 aliphatic rings. The Labute approximate surface area is 165 Å². The van der Waals surface area contributed by atoms with Gasteiger partial charge in [-0.25, -0.2) is 0 Å². The number of hydrogen-bond acceptors (Lipinski definition) is 5. The van der Waals surface area contributed by atoms with Gasteiger partial charge in [-0.2, -0.15) is 5.10 Å². The zero-order valence-corrected chi connectivity index (χ0v) is 16.7. The summed E-state index contributed by atoms with van der Waals surface area (Å²) < 4.78 is 1.73. The zero-order valence-electron chi connectivity index (χ0n) is 16.7. The molecule has 8 heteroatoms. The van der Waals surface area contributed by atoms with Gasteiger partial charge in [0.2, 0.25) is 11.8 Å². The van der Waals surface area contributed by atoms with Gasteiger partial charge in [0.1, 0.15) is 0 Å². The third-order valence-corrected chi connectivity index (χ3v) is 5.07. The van der Waals surface area contributed by atoms with E-state index in [0.29, 0.717) is 38.3 Å². The molecule has 2 unspecified atom stereocenters. The fraction of sp³-hybridized carbons (Fsp3) is 0.500. The smallest absolute Gasteiger partial charge is 0.228 e. The first-order valence-electron chi connectivity index (χ1n) is 9.66. The predicted molar refractivity (Wildman–Crippen MR) is 106 cm³/mol. The molecule has 0 aliphatic carbocycles. The number of piperidine rings is 1. The van der Waals surface area contributed by atoms with Gasteiger partial charge in [0, 0.05) is 50.7 Å². The largest absolute Gasteiger partial charge is 0.338 e. The second kappa shape index (κ2) is 8.97. The van der Waals surface area contributed by atoms with Crippen LogP contribution in [0.2, 0.25) is 0 Å². The molecule has 0 saturated carbocycles. The number of carbonyl (C=O) groups excluding carboxylic acids is 2. The van der Waals surface area contributed by atoms with E-state index in [2.05, 4.69) is 20.7 Å². The molecule has 2 N–H and O–H groups in total. The predicted octanol–water partition coefficient (Wildman–Crippen LogP) is 1.34. The van der Waals surface area contributed by atoms with Crippen LogP contribution in [-0.2, 0) is 23.2 Å². The molecule has 0 bridgehead atoms. The van der Waals surface area contributed by atoms with Crippen LogP contribution >= 0.6 is 0 Å². The molecule has 28 heavy (non-hydrogen) atoms. The summed E-state index contributed by atoms with van der Waals surface area (Å²) in [5, 5.41) is 10.3. The number of anilines is 1. The topological polar surface area (TPSA) is 92.2 Å². The van der Waals surface area contributed by atoms with Crippen molar-refractivity contribution < 1.29 is 9.59 Å². The van der Waals surface area contributed by atoms with E-state index < -0.39 is 0 Å². The van der Waals surface area contributed by atoms with E-state index in [-0.39, 0.29) is 23.7 Å². The monoisotopic (exact) mass is 384 g/mol. The van der Waals surface area contributed by atoms with Crippen LogP contribution in [0.15, 0.2) is 30.7 Å². The molecule has 150 valence electrons. The second-order valence-corrected chi connectivity index (χ2v) is 7.34. The summed E-state index contributed by atoms with van der Waals surface area (Å²) >= 11 is 0. The van der Waals surface area contributed by atoms with Crippen molar-refractivity contribution in [2.75, 3.05) is 25.0 Å². The molecule has 1 saturated heterocycles. The van der Waals surface area contributed by atoms with E-state index in [1.807, 2.05) is 44.1 Å². The van der Waals surface area contributed by atoms with Crippen molar-refractivity contribution in [1.29, 1.82) is 0 Å². The number of carbonyl (C=O) groups is 2. The van der Waals surface area contributed by atoms with Crippen molar-refractivity contribution in [1.82, 2.24) is 25.0 Å². The van der Waals surface area contributed by atoms with Crippen molar-refractivity contribution in [3.8, 4) is 0 Å². The van der Waals surface area contributed by atoms with Crippen LogP contribution < -0.4 is 10.6 Å². The van der Waals surface area contributed by atoms with Crippen LogP contribution in [0.3, 0.4) is 0 Å². The van der Waals surface area contributed by atoms with E-state index in [0.717, 1.165) is 11.3 Å². The Morgan fingerprint density at radius 1 is 1.29 bits per heavy atom. The number of nitrogens with one attached hydrogen (secondary N) is 2. The summed E-state index contributed by atoms with van der Waals surface area (Å²) in [6, 6.07) is 3.70. The van der Waals surface area contributed by atoms with E-state index in [1.165, 1.54) is 0 Å². The van der Waals surface area contributed by atoms with Gasteiger partial charge in [0.05, 0.1) is 29.9 Å². The lowest BCUT2D eigenvalue weighted by atomic mass is 9.88. The van der Waals surface area contributed by atoms with E-state index in [9.17, 15) is 9.59 Å². The average molecular weight is 384 g/mol. The van der Waals surface area contributed by atoms with Gasteiger partial charge < -0.3 is 15.5 Å². The Morgan fingerprint density at radius 2 is 2.07 bits per heavy atom. The molecule has 1 aliphatic heterocycles. The summed E-state index contributed by atoms with van der Waals surface area (Å²) in [4.78, 5) is 31.7. The lowest BCUT2D eigenvalue weighted by Gasteiger charge is -2.32. The SMILES string of the molecule is CCN(Cc1cnn(C)c1)C(=O)C1CNCC(C(=O)Nc2ccc(C)nc2)C1. The lowest BCUT2D eigenvalue weighted by molar-refractivity contribution is -0.137. The minimum absolute atomic E-state index is 0.0772. The lowest BCUT2D eigenvalue weighted by Crippen LogP contribution is -2.48. The highest BCUT2D eigenvalue weighted by atomic mass is 16.2. The maximum atomic E-state index is 13.0. The third kappa shape index (κ3) is 4.95. The molecular weight excluding hydrogens is 356 g/mol. The summed E-state index contributed by atoms with van der Waals surface area (Å²) in [6.45, 7) is 6.19. The zero-order chi connectivity index (χ0) is 20.1. The van der Waals surface area contributed by atoms with Crippen LogP contribution in [-0.4, -0.2) is 51.1 Å². The van der Waals surface area contributed by atoms with Crippen LogP contribution in [0.4, 0.5) is 5.69 Å². The first-order valence-corrected chi connectivity index (χ1v) is 9.66. The van der Waals surface area contributed by atoms with Gasteiger partial charge in [0.25, 0.3) is 0 Å². The van der Waals surface area contributed by atoms with Crippen molar-refractivity contribution in [2.45, 2.75) is 26.8 Å². The highest BCUT2D eigenvalue weighted by molar-refractivity contribution is 5.93. The number of rotatable bonds is 6. The summed E-state index contributed by atoms with van der Waals surface area (Å²) in [6.07, 6.45) is 5.89. The van der Waals surface area contributed by atoms with Gasteiger partial charge >= 0.3 is 0 Å². The quantitative estimate of drug-likeness (QED) is 0.784. The van der Waals surface area contributed by atoms with Gasteiger partial charge in [-0.05, 0) is 32.4 Å². The van der Waals surface area contributed by atoms with Gasteiger partial charge in [-0.15, -0.1) is 0 Å². The molecular formula is C20H28N6O2. The number of aromatic nitrogens is 3. The minimum Gasteiger partial charge on any atom is -0.338 e. The average Bonchev–Trinajstić information content (AvgIpc) is 3.12. The molecule has 0 spiro atoms. The van der Waals surface area contributed by atoms with E-state index >= 15 is 0 Å². The highest BCUT2D eigenvalue weighted by Gasteiger charge is 2.33. The Kier molecular flexibility index (Phi) is 6.41. The molecule has 8 nitrogen and oxygen atoms in total. The van der Waals surface area contributed by atoms with Crippen molar-refractivity contribution >= 4 is 17.5 Å². The standard InChI is InChI=1S/C20H28N6O2/c1-4-26(13-15-8-23-25(3)12-15)20(28)17-7-16(9-21-10-17)19(27)24-18-6-5-14(2)22-11-18/h5-6,8,11-12,16-17,21H,4,7,9-10,13H2,1-3H3,(H,24,27). The van der Waals surface area contributed by atoms with E-state index in [4.69, 9.17) is 0 Å². The van der Waals surface area contributed by atoms with Crippen LogP contribution in [0.1, 0.15) is 24.6 Å². The molecule has 3 heterocycles. The first kappa shape index (κ1) is 20.0. The fourth-order valence-electron chi connectivity index (χ4n) is 3.49. The normalized spacial score (nSPS) is 19.2. The molecule has 2 aromatic heterocycles. The number of hydrogen-bond donors (Lipinski definition) is 2. The van der Waals surface area contributed by atoms with Crippen LogP contribution in [0.25, 0.3) is 0 Å². The third-order valence-electron chi connectivity index (χ3n) is 5.07. The van der Waals surface area contributed by atoms with Crippen molar-refractivity contribution in [3.05, 3.63) is 42.0 Å². The maximum absolute atomic E-state index is 13.0. The Morgan fingerprint density at radius 3 is 2.71 bits per heavy atom. The number of amides is 2. The van der Waals surface area contributed by atoms with Gasteiger partial charge in [-0.3, -0.25) is 19.3 Å². The van der Waals surface area contributed by atoms with Gasteiger partial charge in [-0.1, -0.05) is 0 Å². The molecule has 1 fully saturated rings. The summed E-state index contributed by atoms with van der Waals surface area (Å²) in [7, 11) is 1.86. The second-order valence-electron chi connectivity index (χ2n) is 7.34. The first-order chi connectivity index (χ1) is 13.5. The summed E-state index contributed by atoms with van der Waals surface area (Å²) in [5.74, 6) is -0.460.